The molecule has 19 heavy (non-hydrogen) atoms. The Bertz CT molecular complexity index is 621. The number of hydrogen-bond donors (Lipinski definition) is 2. The highest BCUT2D eigenvalue weighted by molar-refractivity contribution is 5.94. The van der Waals surface area contributed by atoms with Crippen LogP contribution in [0.15, 0.2) is 28.9 Å². The van der Waals surface area contributed by atoms with E-state index in [-0.39, 0.29) is 18.0 Å². The standard InChI is InChI=1S/C12H11N3O4/c1-7-3-2-4-13-9(7)6-14-11(16)8-5-10(12(17)18)19-15-8/h2-5H,6H2,1H3,(H,14,16)(H,17,18). The van der Waals surface area contributed by atoms with Gasteiger partial charge in [-0.15, -0.1) is 0 Å². The minimum absolute atomic E-state index is 0.0778. The summed E-state index contributed by atoms with van der Waals surface area (Å²) >= 11 is 0. The van der Waals surface area contributed by atoms with Gasteiger partial charge in [0.2, 0.25) is 5.76 Å². The van der Waals surface area contributed by atoms with Crippen LogP contribution in [-0.2, 0) is 6.54 Å². The van der Waals surface area contributed by atoms with Crippen molar-refractivity contribution in [2.24, 2.45) is 0 Å². The predicted molar refractivity (Wildman–Crippen MR) is 63.6 cm³/mol. The number of aromatic carboxylic acids is 1. The van der Waals surface area contributed by atoms with Crippen molar-refractivity contribution in [1.29, 1.82) is 0 Å². The summed E-state index contributed by atoms with van der Waals surface area (Å²) in [6.45, 7) is 2.12. The second-order valence-electron chi connectivity index (χ2n) is 3.83. The average Bonchev–Trinajstić information content (AvgIpc) is 2.87. The van der Waals surface area contributed by atoms with Gasteiger partial charge in [0.15, 0.2) is 5.69 Å². The number of carbonyl (C=O) groups is 2. The number of aromatic nitrogens is 2. The molecule has 0 saturated carbocycles. The number of nitrogens with zero attached hydrogens (tertiary/aromatic N) is 2. The number of pyridine rings is 1. The normalized spacial score (nSPS) is 10.2. The Morgan fingerprint density at radius 2 is 2.26 bits per heavy atom. The topological polar surface area (TPSA) is 105 Å². The quantitative estimate of drug-likeness (QED) is 0.850. The predicted octanol–water partition coefficient (Wildman–Crippen LogP) is 1.01. The van der Waals surface area contributed by atoms with Crippen LogP contribution in [0.4, 0.5) is 0 Å². The lowest BCUT2D eigenvalue weighted by atomic mass is 10.2. The second kappa shape index (κ2) is 5.30. The lowest BCUT2D eigenvalue weighted by Crippen LogP contribution is -2.24. The Balaban J connectivity index is 2.01. The van der Waals surface area contributed by atoms with Crippen LogP contribution < -0.4 is 5.32 Å². The summed E-state index contributed by atoms with van der Waals surface area (Å²) in [5.41, 5.74) is 1.61. The fraction of sp³-hybridized carbons (Fsp3) is 0.167. The third-order valence-electron chi connectivity index (χ3n) is 2.49. The molecule has 0 unspecified atom stereocenters. The molecular weight excluding hydrogens is 250 g/mol. The highest BCUT2D eigenvalue weighted by Gasteiger charge is 2.16. The number of amides is 1. The number of carboxylic acid groups (broad SMARTS) is 1. The van der Waals surface area contributed by atoms with Crippen LogP contribution in [0.3, 0.4) is 0 Å². The van der Waals surface area contributed by atoms with Gasteiger partial charge in [0.1, 0.15) is 0 Å². The van der Waals surface area contributed by atoms with Crippen molar-refractivity contribution in [3.63, 3.8) is 0 Å². The van der Waals surface area contributed by atoms with Crippen molar-refractivity contribution in [2.45, 2.75) is 13.5 Å². The summed E-state index contributed by atoms with van der Waals surface area (Å²) in [6, 6.07) is 4.76. The van der Waals surface area contributed by atoms with Crippen LogP contribution in [0.2, 0.25) is 0 Å². The molecule has 2 heterocycles. The van der Waals surface area contributed by atoms with E-state index in [1.54, 1.807) is 12.3 Å². The van der Waals surface area contributed by atoms with E-state index in [0.717, 1.165) is 17.3 Å². The van der Waals surface area contributed by atoms with Gasteiger partial charge in [0.25, 0.3) is 5.91 Å². The van der Waals surface area contributed by atoms with Crippen LogP contribution in [0.1, 0.15) is 32.3 Å². The van der Waals surface area contributed by atoms with Gasteiger partial charge in [-0.1, -0.05) is 11.2 Å². The van der Waals surface area contributed by atoms with Crippen molar-refractivity contribution >= 4 is 11.9 Å². The molecule has 2 rings (SSSR count). The largest absolute Gasteiger partial charge is 0.475 e. The number of nitrogens with one attached hydrogen (secondary N) is 1. The molecule has 0 radical (unpaired) electrons. The molecule has 0 bridgehead atoms. The van der Waals surface area contributed by atoms with Gasteiger partial charge in [-0.05, 0) is 18.6 Å². The fourth-order valence-corrected chi connectivity index (χ4v) is 1.44. The summed E-state index contributed by atoms with van der Waals surface area (Å²) < 4.78 is 4.50. The molecule has 2 N–H and O–H groups in total. The Morgan fingerprint density at radius 1 is 1.47 bits per heavy atom. The summed E-state index contributed by atoms with van der Waals surface area (Å²) in [5, 5.41) is 14.6. The van der Waals surface area contributed by atoms with Gasteiger partial charge >= 0.3 is 5.97 Å². The van der Waals surface area contributed by atoms with Gasteiger partial charge < -0.3 is 14.9 Å². The van der Waals surface area contributed by atoms with Gasteiger partial charge in [0, 0.05) is 12.3 Å². The van der Waals surface area contributed by atoms with Crippen LogP contribution in [-0.4, -0.2) is 27.1 Å². The van der Waals surface area contributed by atoms with Gasteiger partial charge in [0.05, 0.1) is 12.2 Å². The first kappa shape index (κ1) is 12.7. The van der Waals surface area contributed by atoms with Crippen LogP contribution >= 0.6 is 0 Å². The second-order valence-corrected chi connectivity index (χ2v) is 3.83. The lowest BCUT2D eigenvalue weighted by Gasteiger charge is -2.04. The summed E-state index contributed by atoms with van der Waals surface area (Å²) in [7, 11) is 0. The number of carboxylic acids is 1. The molecule has 7 heteroatoms. The molecule has 0 atom stereocenters. The van der Waals surface area contributed by atoms with E-state index in [1.165, 1.54) is 0 Å². The number of hydrogen-bond acceptors (Lipinski definition) is 5. The molecule has 0 aliphatic heterocycles. The monoisotopic (exact) mass is 261 g/mol. The summed E-state index contributed by atoms with van der Waals surface area (Å²) in [5.74, 6) is -2.16. The molecular formula is C12H11N3O4. The number of carbonyl (C=O) groups excluding carboxylic acids is 1. The molecule has 2 aromatic heterocycles. The molecule has 0 aliphatic carbocycles. The summed E-state index contributed by atoms with van der Waals surface area (Å²) in [6.07, 6.45) is 1.63. The molecule has 0 aliphatic rings. The first-order chi connectivity index (χ1) is 9.08. The van der Waals surface area contributed by atoms with Crippen molar-refractivity contribution in [1.82, 2.24) is 15.5 Å². The first-order valence-electron chi connectivity index (χ1n) is 5.46. The average molecular weight is 261 g/mol. The zero-order valence-corrected chi connectivity index (χ0v) is 10.1. The van der Waals surface area contributed by atoms with Gasteiger partial charge in [-0.2, -0.15) is 0 Å². The maximum absolute atomic E-state index is 11.7. The third-order valence-corrected chi connectivity index (χ3v) is 2.49. The molecule has 0 fully saturated rings. The minimum atomic E-state index is -1.27. The Kier molecular flexibility index (Phi) is 3.56. The van der Waals surface area contributed by atoms with Gasteiger partial charge in [-0.3, -0.25) is 9.78 Å². The SMILES string of the molecule is Cc1cccnc1CNC(=O)c1cc(C(=O)O)on1. The molecule has 98 valence electrons. The molecule has 0 saturated heterocycles. The smallest absolute Gasteiger partial charge is 0.374 e. The molecule has 1 amide bonds. The molecule has 0 aromatic carbocycles. The van der Waals surface area contributed by atoms with Crippen molar-refractivity contribution < 1.29 is 19.2 Å². The lowest BCUT2D eigenvalue weighted by molar-refractivity contribution is 0.0651. The fourth-order valence-electron chi connectivity index (χ4n) is 1.44. The summed E-state index contributed by atoms with van der Waals surface area (Å²) in [4.78, 5) is 26.4. The van der Waals surface area contributed by atoms with E-state index in [9.17, 15) is 9.59 Å². The zero-order valence-electron chi connectivity index (χ0n) is 10.1. The third kappa shape index (κ3) is 2.95. The Hall–Kier alpha value is -2.70. The van der Waals surface area contributed by atoms with E-state index in [1.807, 2.05) is 13.0 Å². The Labute approximate surface area is 108 Å². The zero-order chi connectivity index (χ0) is 13.8. The first-order valence-corrected chi connectivity index (χ1v) is 5.46. The molecule has 7 nitrogen and oxygen atoms in total. The number of rotatable bonds is 4. The maximum atomic E-state index is 11.7. The van der Waals surface area contributed by atoms with Crippen LogP contribution in [0, 0.1) is 6.92 Å². The molecule has 0 spiro atoms. The van der Waals surface area contributed by atoms with E-state index in [2.05, 4.69) is 20.0 Å². The van der Waals surface area contributed by atoms with E-state index < -0.39 is 11.9 Å². The van der Waals surface area contributed by atoms with Gasteiger partial charge in [-0.25, -0.2) is 4.79 Å². The molecule has 2 aromatic rings. The van der Waals surface area contributed by atoms with E-state index in [0.29, 0.717) is 0 Å². The van der Waals surface area contributed by atoms with Crippen LogP contribution in [0.25, 0.3) is 0 Å². The maximum Gasteiger partial charge on any atom is 0.374 e. The van der Waals surface area contributed by atoms with E-state index >= 15 is 0 Å². The highest BCUT2D eigenvalue weighted by atomic mass is 16.5. The van der Waals surface area contributed by atoms with Crippen molar-refractivity contribution in [2.75, 3.05) is 0 Å². The van der Waals surface area contributed by atoms with Crippen molar-refractivity contribution in [3.05, 3.63) is 47.1 Å². The van der Waals surface area contributed by atoms with Crippen LogP contribution in [0.5, 0.6) is 0 Å². The minimum Gasteiger partial charge on any atom is -0.475 e. The number of aryl methyl sites for hydroxylation is 1. The van der Waals surface area contributed by atoms with E-state index in [4.69, 9.17) is 5.11 Å². The highest BCUT2D eigenvalue weighted by Crippen LogP contribution is 2.05. The van der Waals surface area contributed by atoms with Crippen molar-refractivity contribution in [3.8, 4) is 0 Å². The Morgan fingerprint density at radius 3 is 2.89 bits per heavy atom.